The lowest BCUT2D eigenvalue weighted by Gasteiger charge is -2.04. The Morgan fingerprint density at radius 1 is 1.20 bits per heavy atom. The molecule has 0 N–H and O–H groups in total. The number of halogens is 4. The van der Waals surface area contributed by atoms with E-state index in [4.69, 9.17) is 0 Å². The van der Waals surface area contributed by atoms with Crippen LogP contribution in [0, 0.1) is 0 Å². The number of allylic oxidation sites excluding steroid dienone is 4. The first-order valence-corrected chi connectivity index (χ1v) is 7.28. The van der Waals surface area contributed by atoms with E-state index in [1.54, 1.807) is 36.4 Å². The molecular weight excluding hydrogens is 349 g/mol. The van der Waals surface area contributed by atoms with Crippen LogP contribution in [0.15, 0.2) is 42.5 Å². The minimum atomic E-state index is -4.21. The van der Waals surface area contributed by atoms with Crippen molar-refractivity contribution in [2.45, 2.75) is 18.9 Å². The molecule has 0 fully saturated rings. The van der Waals surface area contributed by atoms with E-state index in [1.165, 1.54) is 0 Å². The number of hydrogen-bond acceptors (Lipinski definition) is 0. The largest absolute Gasteiger partial charge is 1.00 e. The second-order valence-corrected chi connectivity index (χ2v) is 6.38. The zero-order valence-electron chi connectivity index (χ0n) is 10.7. The maximum Gasteiger partial charge on any atom is 0.601 e. The molecule has 3 rings (SSSR count). The van der Waals surface area contributed by atoms with Gasteiger partial charge in [-0.05, 0) is 30.2 Å². The fourth-order valence-electron chi connectivity index (χ4n) is 2.36. The van der Waals surface area contributed by atoms with Crippen molar-refractivity contribution in [2.24, 2.45) is 0 Å². The van der Waals surface area contributed by atoms with Gasteiger partial charge >= 0.3 is 5.51 Å². The topological polar surface area (TPSA) is 0 Å². The molecule has 1 aromatic heterocycles. The van der Waals surface area contributed by atoms with Gasteiger partial charge in [-0.15, -0.1) is 13.2 Å². The molecule has 1 aliphatic carbocycles. The smallest absolute Gasteiger partial charge is 0.601 e. The summed E-state index contributed by atoms with van der Waals surface area (Å²) in [5.74, 6) is 0. The van der Waals surface area contributed by atoms with Gasteiger partial charge in [0.05, 0.1) is 0 Å². The minimum Gasteiger partial charge on any atom is -1.00 e. The molecule has 1 unspecified atom stereocenters. The predicted octanol–water partition coefficient (Wildman–Crippen LogP) is 2.58. The van der Waals surface area contributed by atoms with E-state index in [-0.39, 0.29) is 17.0 Å². The van der Waals surface area contributed by atoms with Gasteiger partial charge < -0.3 is 17.0 Å². The number of thiophene rings is 1. The van der Waals surface area contributed by atoms with Gasteiger partial charge in [-0.25, -0.2) is 0 Å². The van der Waals surface area contributed by atoms with E-state index in [2.05, 4.69) is 0 Å². The molecule has 106 valence electrons. The molecule has 0 saturated carbocycles. The van der Waals surface area contributed by atoms with Gasteiger partial charge in [0.1, 0.15) is 10.5 Å². The lowest BCUT2D eigenvalue weighted by atomic mass is 10.0. The van der Waals surface area contributed by atoms with Gasteiger partial charge in [0, 0.05) is 17.0 Å². The van der Waals surface area contributed by atoms with Crippen molar-refractivity contribution >= 4 is 26.1 Å². The first kappa shape index (κ1) is 15.3. The van der Waals surface area contributed by atoms with Gasteiger partial charge in [-0.2, -0.15) is 0 Å². The van der Waals surface area contributed by atoms with E-state index in [0.717, 1.165) is 17.4 Å². The highest BCUT2D eigenvalue weighted by Crippen LogP contribution is 2.54. The lowest BCUT2D eigenvalue weighted by Crippen LogP contribution is -3.00. The van der Waals surface area contributed by atoms with Gasteiger partial charge in [-0.3, -0.25) is 0 Å². The Bertz CT molecular complexity index is 708. The van der Waals surface area contributed by atoms with E-state index >= 15 is 0 Å². The lowest BCUT2D eigenvalue weighted by molar-refractivity contribution is -0.0866. The SMILES string of the molecule is CCc1cccc2c1cc(C1=CC=C1)[s+]2C(F)(F)F.[Br-]. The van der Waals surface area contributed by atoms with Crippen LogP contribution >= 0.6 is 10.5 Å². The fraction of sp³-hybridized carbons (Fsp3) is 0.200. The Kier molecular flexibility index (Phi) is 4.12. The average Bonchev–Trinajstić information content (AvgIpc) is 2.64. The number of aryl methyl sites for hydroxylation is 1. The molecule has 0 amide bonds. The van der Waals surface area contributed by atoms with E-state index < -0.39 is 16.0 Å². The summed E-state index contributed by atoms with van der Waals surface area (Å²) >= 11 is 0. The van der Waals surface area contributed by atoms with Gasteiger partial charge in [0.2, 0.25) is 0 Å². The Hall–Kier alpha value is -1.07. The van der Waals surface area contributed by atoms with E-state index in [0.29, 0.717) is 15.2 Å². The molecule has 1 heterocycles. The molecule has 5 heteroatoms. The maximum absolute atomic E-state index is 13.4. The maximum atomic E-state index is 13.4. The van der Waals surface area contributed by atoms with Crippen molar-refractivity contribution in [3.63, 3.8) is 0 Å². The number of rotatable bonds is 2. The Morgan fingerprint density at radius 2 is 1.90 bits per heavy atom. The second kappa shape index (κ2) is 5.37. The zero-order valence-corrected chi connectivity index (χ0v) is 13.1. The van der Waals surface area contributed by atoms with Crippen LogP contribution < -0.4 is 17.0 Å². The summed E-state index contributed by atoms with van der Waals surface area (Å²) in [7, 11) is -1.81. The van der Waals surface area contributed by atoms with Crippen LogP contribution in [0.25, 0.3) is 15.7 Å². The number of alkyl halides is 3. The third-order valence-electron chi connectivity index (χ3n) is 3.32. The van der Waals surface area contributed by atoms with Gasteiger partial charge in [0.25, 0.3) is 0 Å². The molecule has 20 heavy (non-hydrogen) atoms. The van der Waals surface area contributed by atoms with Gasteiger partial charge in [-0.1, -0.05) is 25.1 Å². The molecule has 0 saturated heterocycles. The quantitative estimate of drug-likeness (QED) is 0.722. The summed E-state index contributed by atoms with van der Waals surface area (Å²) in [6, 6.07) is 6.96. The van der Waals surface area contributed by atoms with Crippen molar-refractivity contribution in [1.29, 1.82) is 0 Å². The number of benzene rings is 1. The van der Waals surface area contributed by atoms with Crippen molar-refractivity contribution < 1.29 is 30.2 Å². The molecule has 1 atom stereocenters. The summed E-state index contributed by atoms with van der Waals surface area (Å²) in [6.07, 6.45) is 6.01. The summed E-state index contributed by atoms with van der Waals surface area (Å²) in [6.45, 7) is 1.97. The van der Waals surface area contributed by atoms with Crippen molar-refractivity contribution in [2.75, 3.05) is 0 Å². The third-order valence-corrected chi connectivity index (χ3v) is 5.37. The van der Waals surface area contributed by atoms with Crippen LogP contribution in [0.1, 0.15) is 17.4 Å². The van der Waals surface area contributed by atoms with Gasteiger partial charge in [0.15, 0.2) is 9.58 Å². The number of hydrogen-bond donors (Lipinski definition) is 0. The van der Waals surface area contributed by atoms with Crippen molar-refractivity contribution in [3.8, 4) is 0 Å². The Morgan fingerprint density at radius 3 is 2.40 bits per heavy atom. The summed E-state index contributed by atoms with van der Waals surface area (Å²) < 4.78 is 40.5. The molecule has 2 aromatic rings. The summed E-state index contributed by atoms with van der Waals surface area (Å²) in [5.41, 5.74) is -2.52. The van der Waals surface area contributed by atoms with Crippen LogP contribution in [0.5, 0.6) is 0 Å². The molecule has 0 radical (unpaired) electrons. The molecule has 1 aromatic carbocycles. The molecule has 1 aliphatic rings. The first-order chi connectivity index (χ1) is 9.02. The molecule has 0 spiro atoms. The average molecular weight is 361 g/mol. The standard InChI is InChI=1S/C15H12F3S.BrH/c1-2-10-5-4-8-13-12(10)9-14(11-6-3-7-11)19(13)15(16,17)18;/h3-9H,2H2,1H3;1H/q+1;/p-1. The summed E-state index contributed by atoms with van der Waals surface area (Å²) in [4.78, 5) is 0.408. The normalized spacial score (nSPS) is 14.8. The molecular formula is C15H12BrF3S. The second-order valence-electron chi connectivity index (χ2n) is 4.42. The van der Waals surface area contributed by atoms with Crippen molar-refractivity contribution in [1.82, 2.24) is 0 Å². The highest BCUT2D eigenvalue weighted by Gasteiger charge is 2.48. The molecule has 0 nitrogen and oxygen atoms in total. The van der Waals surface area contributed by atoms with Crippen LogP contribution in [0.4, 0.5) is 13.2 Å². The predicted molar refractivity (Wildman–Crippen MR) is 74.2 cm³/mol. The van der Waals surface area contributed by atoms with E-state index in [1.807, 2.05) is 13.0 Å². The van der Waals surface area contributed by atoms with E-state index in [9.17, 15) is 13.2 Å². The van der Waals surface area contributed by atoms with Crippen LogP contribution in [0.2, 0.25) is 0 Å². The molecule has 0 bridgehead atoms. The Balaban J connectivity index is 0.00000147. The monoisotopic (exact) mass is 360 g/mol. The van der Waals surface area contributed by atoms with Crippen molar-refractivity contribution in [3.05, 3.63) is 52.9 Å². The highest BCUT2D eigenvalue weighted by atomic mass is 79.9. The summed E-state index contributed by atoms with van der Waals surface area (Å²) in [5, 5.41) is 0.766. The zero-order chi connectivity index (χ0) is 13.6. The fourth-order valence-corrected chi connectivity index (χ4v) is 4.32. The van der Waals surface area contributed by atoms with Crippen LogP contribution in [-0.2, 0) is 11.9 Å². The highest BCUT2D eigenvalue weighted by molar-refractivity contribution is 7.39. The first-order valence-electron chi connectivity index (χ1n) is 6.06. The van der Waals surface area contributed by atoms with Crippen LogP contribution in [-0.4, -0.2) is 0 Å². The molecule has 0 aliphatic heterocycles. The van der Waals surface area contributed by atoms with Crippen LogP contribution in [0.3, 0.4) is 0 Å². The number of fused-ring (bicyclic) bond motifs is 1. The third kappa shape index (κ3) is 2.33. The minimum absolute atomic E-state index is 0. The Labute approximate surface area is 128 Å².